The van der Waals surface area contributed by atoms with Crippen molar-refractivity contribution in [3.63, 3.8) is 0 Å². The van der Waals surface area contributed by atoms with Crippen LogP contribution < -0.4 is 11.1 Å². The van der Waals surface area contributed by atoms with Crippen molar-refractivity contribution in [3.05, 3.63) is 33.9 Å². The summed E-state index contributed by atoms with van der Waals surface area (Å²) >= 11 is 0. The second-order valence-corrected chi connectivity index (χ2v) is 4.52. The molecule has 0 spiro atoms. The molecule has 0 atom stereocenters. The molecule has 0 bridgehead atoms. The van der Waals surface area contributed by atoms with Crippen molar-refractivity contribution in [2.75, 3.05) is 12.3 Å². The Kier molecular flexibility index (Phi) is 3.45. The Bertz CT molecular complexity index is 483. The van der Waals surface area contributed by atoms with Crippen molar-refractivity contribution >= 4 is 17.3 Å². The third kappa shape index (κ3) is 2.97. The zero-order valence-electron chi connectivity index (χ0n) is 9.89. The maximum absolute atomic E-state index is 11.9. The number of hydrogen-bond donors (Lipinski definition) is 2. The van der Waals surface area contributed by atoms with Crippen molar-refractivity contribution < 1.29 is 9.72 Å². The van der Waals surface area contributed by atoms with Crippen LogP contribution >= 0.6 is 0 Å². The number of carbonyl (C=O) groups excluding carboxylic acids is 1. The largest absolute Gasteiger partial charge is 0.399 e. The summed E-state index contributed by atoms with van der Waals surface area (Å²) in [6, 6.07) is 4.01. The number of nitro benzene ring substituents is 1. The number of nitrogen functional groups attached to an aromatic ring is 1. The lowest BCUT2D eigenvalue weighted by Gasteiger charge is -2.06. The van der Waals surface area contributed by atoms with E-state index in [2.05, 4.69) is 5.32 Å². The predicted octanol–water partition coefficient (Wildman–Crippen LogP) is 1.71. The zero-order chi connectivity index (χ0) is 13.1. The van der Waals surface area contributed by atoms with Crippen LogP contribution in [0.1, 0.15) is 29.6 Å². The zero-order valence-corrected chi connectivity index (χ0v) is 9.89. The second-order valence-electron chi connectivity index (χ2n) is 4.52. The molecular weight excluding hydrogens is 234 g/mol. The van der Waals surface area contributed by atoms with Gasteiger partial charge in [-0.3, -0.25) is 14.9 Å². The fourth-order valence-electron chi connectivity index (χ4n) is 1.79. The van der Waals surface area contributed by atoms with Crippen molar-refractivity contribution in [2.45, 2.75) is 19.3 Å². The molecule has 0 aliphatic heterocycles. The van der Waals surface area contributed by atoms with Gasteiger partial charge in [-0.05, 0) is 24.5 Å². The molecule has 1 saturated carbocycles. The number of amides is 1. The average molecular weight is 249 g/mol. The average Bonchev–Trinajstić information content (AvgIpc) is 3.12. The van der Waals surface area contributed by atoms with E-state index in [0.717, 1.165) is 6.42 Å². The molecule has 6 heteroatoms. The highest BCUT2D eigenvalue weighted by Gasteiger charge is 2.23. The summed E-state index contributed by atoms with van der Waals surface area (Å²) in [5.74, 6) is 0.274. The summed E-state index contributed by atoms with van der Waals surface area (Å²) in [4.78, 5) is 22.1. The Balaban J connectivity index is 2.06. The lowest BCUT2D eigenvalue weighted by Crippen LogP contribution is -2.25. The minimum atomic E-state index is -0.574. The first-order valence-electron chi connectivity index (χ1n) is 5.90. The van der Waals surface area contributed by atoms with Crippen molar-refractivity contribution in [2.24, 2.45) is 5.92 Å². The Morgan fingerprint density at radius 2 is 2.22 bits per heavy atom. The molecule has 1 aliphatic carbocycles. The van der Waals surface area contributed by atoms with E-state index in [4.69, 9.17) is 5.73 Å². The molecule has 96 valence electrons. The fourth-order valence-corrected chi connectivity index (χ4v) is 1.79. The molecule has 1 aromatic carbocycles. The Hall–Kier alpha value is -2.11. The molecule has 0 aromatic heterocycles. The van der Waals surface area contributed by atoms with E-state index < -0.39 is 10.8 Å². The number of nitro groups is 1. The van der Waals surface area contributed by atoms with Gasteiger partial charge in [-0.2, -0.15) is 0 Å². The highest BCUT2D eigenvalue weighted by molar-refractivity contribution is 5.99. The Morgan fingerprint density at radius 3 is 2.83 bits per heavy atom. The molecule has 3 N–H and O–H groups in total. The van der Waals surface area contributed by atoms with Gasteiger partial charge in [0.25, 0.3) is 11.6 Å². The van der Waals surface area contributed by atoms with Gasteiger partial charge in [0.1, 0.15) is 5.56 Å². The van der Waals surface area contributed by atoms with Gasteiger partial charge >= 0.3 is 0 Å². The maximum Gasteiger partial charge on any atom is 0.282 e. The fraction of sp³-hybridized carbons (Fsp3) is 0.417. The van der Waals surface area contributed by atoms with Crippen LogP contribution in [-0.4, -0.2) is 17.4 Å². The van der Waals surface area contributed by atoms with Gasteiger partial charge in [0, 0.05) is 18.3 Å². The second kappa shape index (κ2) is 5.03. The van der Waals surface area contributed by atoms with Crippen LogP contribution in [0.15, 0.2) is 18.2 Å². The highest BCUT2D eigenvalue weighted by atomic mass is 16.6. The maximum atomic E-state index is 11.9. The van der Waals surface area contributed by atoms with Crippen molar-refractivity contribution in [3.8, 4) is 0 Å². The van der Waals surface area contributed by atoms with Gasteiger partial charge < -0.3 is 11.1 Å². The number of nitrogens with zero attached hydrogens (tertiary/aromatic N) is 1. The normalized spacial score (nSPS) is 14.2. The van der Waals surface area contributed by atoms with E-state index in [1.807, 2.05) is 0 Å². The molecule has 1 aliphatic rings. The number of rotatable bonds is 5. The minimum absolute atomic E-state index is 0.0239. The SMILES string of the molecule is Nc1ccc([N+](=O)[O-])c(C(=O)NCCC2CC2)c1. The van der Waals surface area contributed by atoms with Crippen molar-refractivity contribution in [1.82, 2.24) is 5.32 Å². The first kappa shape index (κ1) is 12.3. The van der Waals surface area contributed by atoms with Crippen LogP contribution in [0.3, 0.4) is 0 Å². The molecule has 0 saturated heterocycles. The van der Waals surface area contributed by atoms with Crippen LogP contribution in [0.5, 0.6) is 0 Å². The minimum Gasteiger partial charge on any atom is -0.399 e. The van der Waals surface area contributed by atoms with E-state index in [1.54, 1.807) is 0 Å². The summed E-state index contributed by atoms with van der Waals surface area (Å²) in [7, 11) is 0. The number of carbonyl (C=O) groups is 1. The Labute approximate surface area is 104 Å². The topological polar surface area (TPSA) is 98.3 Å². The summed E-state index contributed by atoms with van der Waals surface area (Å²) in [5.41, 5.74) is 5.70. The molecule has 18 heavy (non-hydrogen) atoms. The summed E-state index contributed by atoms with van der Waals surface area (Å²) in [6.45, 7) is 0.551. The van der Waals surface area contributed by atoms with E-state index >= 15 is 0 Å². The molecule has 0 heterocycles. The number of nitrogens with two attached hydrogens (primary N) is 1. The van der Waals surface area contributed by atoms with Gasteiger partial charge in [0.2, 0.25) is 0 Å². The van der Waals surface area contributed by atoms with Gasteiger partial charge in [-0.1, -0.05) is 12.8 Å². The van der Waals surface area contributed by atoms with Gasteiger partial charge in [-0.15, -0.1) is 0 Å². The number of nitrogens with one attached hydrogen (secondary N) is 1. The molecule has 2 rings (SSSR count). The van der Waals surface area contributed by atoms with E-state index in [9.17, 15) is 14.9 Å². The first-order valence-corrected chi connectivity index (χ1v) is 5.90. The first-order chi connectivity index (χ1) is 8.58. The standard InChI is InChI=1S/C12H15N3O3/c13-9-3-4-11(15(17)18)10(7-9)12(16)14-6-5-8-1-2-8/h3-4,7-8H,1-2,5-6,13H2,(H,14,16). The molecule has 0 radical (unpaired) electrons. The van der Waals surface area contributed by atoms with Crippen LogP contribution in [0.4, 0.5) is 11.4 Å². The van der Waals surface area contributed by atoms with E-state index in [-0.39, 0.29) is 11.3 Å². The summed E-state index contributed by atoms with van der Waals surface area (Å²) in [5, 5.41) is 13.5. The third-order valence-corrected chi connectivity index (χ3v) is 3.00. The number of benzene rings is 1. The van der Waals surface area contributed by atoms with E-state index in [0.29, 0.717) is 18.2 Å². The van der Waals surface area contributed by atoms with Crippen LogP contribution in [-0.2, 0) is 0 Å². The summed E-state index contributed by atoms with van der Waals surface area (Å²) in [6.07, 6.45) is 3.37. The molecule has 1 aromatic rings. The van der Waals surface area contributed by atoms with Crippen LogP contribution in [0.25, 0.3) is 0 Å². The predicted molar refractivity (Wildman–Crippen MR) is 67.2 cm³/mol. The lowest BCUT2D eigenvalue weighted by molar-refractivity contribution is -0.385. The van der Waals surface area contributed by atoms with Gasteiger partial charge in [0.05, 0.1) is 4.92 Å². The van der Waals surface area contributed by atoms with Crippen LogP contribution in [0, 0.1) is 16.0 Å². The molecule has 6 nitrogen and oxygen atoms in total. The molecule has 1 fully saturated rings. The summed E-state index contributed by atoms with van der Waals surface area (Å²) < 4.78 is 0. The monoisotopic (exact) mass is 249 g/mol. The quantitative estimate of drug-likeness (QED) is 0.471. The third-order valence-electron chi connectivity index (χ3n) is 3.00. The molecule has 1 amide bonds. The number of anilines is 1. The van der Waals surface area contributed by atoms with Crippen molar-refractivity contribution in [1.29, 1.82) is 0 Å². The highest BCUT2D eigenvalue weighted by Crippen LogP contribution is 2.31. The lowest BCUT2D eigenvalue weighted by atomic mass is 10.1. The molecular formula is C12H15N3O3. The Morgan fingerprint density at radius 1 is 1.50 bits per heavy atom. The van der Waals surface area contributed by atoms with Gasteiger partial charge in [0.15, 0.2) is 0 Å². The smallest absolute Gasteiger partial charge is 0.282 e. The van der Waals surface area contributed by atoms with Crippen LogP contribution in [0.2, 0.25) is 0 Å². The number of hydrogen-bond acceptors (Lipinski definition) is 4. The molecule has 0 unspecified atom stereocenters. The van der Waals surface area contributed by atoms with E-state index in [1.165, 1.54) is 31.0 Å². The van der Waals surface area contributed by atoms with Gasteiger partial charge in [-0.25, -0.2) is 0 Å².